The molecule has 116 valence electrons. The summed E-state index contributed by atoms with van der Waals surface area (Å²) in [4.78, 5) is 23.5. The number of aryl methyl sites for hydroxylation is 1. The normalized spacial score (nSPS) is 11.0. The minimum Gasteiger partial charge on any atom is -0.347 e. The molecule has 0 heterocycles. The molecular formula is C17H26N2O2. The van der Waals surface area contributed by atoms with Gasteiger partial charge in [-0.2, -0.15) is 0 Å². The van der Waals surface area contributed by atoms with Gasteiger partial charge in [0, 0.05) is 11.1 Å². The molecule has 4 nitrogen and oxygen atoms in total. The summed E-state index contributed by atoms with van der Waals surface area (Å²) in [5.41, 5.74) is 1.54. The molecular weight excluding hydrogens is 264 g/mol. The van der Waals surface area contributed by atoms with Crippen molar-refractivity contribution in [1.82, 2.24) is 5.32 Å². The number of carbonyl (C=O) groups excluding carboxylic acids is 2. The van der Waals surface area contributed by atoms with Gasteiger partial charge in [0.1, 0.15) is 0 Å². The van der Waals surface area contributed by atoms with Crippen LogP contribution in [0, 0.1) is 5.41 Å². The summed E-state index contributed by atoms with van der Waals surface area (Å²) in [6.07, 6.45) is 3.41. The highest BCUT2D eigenvalue weighted by Gasteiger charge is 2.21. The highest BCUT2D eigenvalue weighted by molar-refractivity contribution is 5.95. The van der Waals surface area contributed by atoms with Crippen LogP contribution in [0.3, 0.4) is 0 Å². The molecule has 0 unspecified atom stereocenters. The minimum absolute atomic E-state index is 0.00626. The van der Waals surface area contributed by atoms with Crippen molar-refractivity contribution in [3.05, 3.63) is 29.8 Å². The minimum atomic E-state index is -0.485. The molecule has 0 atom stereocenters. The van der Waals surface area contributed by atoms with Crippen LogP contribution >= 0.6 is 0 Å². The van der Waals surface area contributed by atoms with Crippen LogP contribution < -0.4 is 10.6 Å². The van der Waals surface area contributed by atoms with Crippen molar-refractivity contribution >= 4 is 17.5 Å². The third-order valence-corrected chi connectivity index (χ3v) is 3.15. The number of amides is 2. The van der Waals surface area contributed by atoms with Gasteiger partial charge in [-0.15, -0.1) is 0 Å². The first-order chi connectivity index (χ1) is 9.82. The van der Waals surface area contributed by atoms with Crippen molar-refractivity contribution in [3.63, 3.8) is 0 Å². The fourth-order valence-corrected chi connectivity index (χ4v) is 1.77. The zero-order valence-corrected chi connectivity index (χ0v) is 13.5. The van der Waals surface area contributed by atoms with E-state index in [1.807, 2.05) is 45.0 Å². The fraction of sp³-hybridized carbons (Fsp3) is 0.529. The van der Waals surface area contributed by atoms with Crippen molar-refractivity contribution in [2.24, 2.45) is 5.41 Å². The second-order valence-electron chi connectivity index (χ2n) is 6.28. The Kier molecular flexibility index (Phi) is 6.40. The summed E-state index contributed by atoms with van der Waals surface area (Å²) in [6, 6.07) is 7.85. The quantitative estimate of drug-likeness (QED) is 0.845. The van der Waals surface area contributed by atoms with E-state index in [4.69, 9.17) is 0 Å². The molecule has 0 spiro atoms. The molecule has 1 rings (SSSR count). The van der Waals surface area contributed by atoms with Crippen molar-refractivity contribution < 1.29 is 9.59 Å². The summed E-state index contributed by atoms with van der Waals surface area (Å²) in [5, 5.41) is 5.41. The van der Waals surface area contributed by atoms with Gasteiger partial charge in [0.25, 0.3) is 0 Å². The maximum Gasteiger partial charge on any atom is 0.243 e. The van der Waals surface area contributed by atoms with Crippen molar-refractivity contribution in [2.45, 2.75) is 47.0 Å². The third kappa shape index (κ3) is 6.43. The van der Waals surface area contributed by atoms with E-state index in [1.54, 1.807) is 0 Å². The van der Waals surface area contributed by atoms with Crippen LogP contribution in [0.1, 0.15) is 46.1 Å². The fourth-order valence-electron chi connectivity index (χ4n) is 1.77. The number of carbonyl (C=O) groups is 2. The molecule has 0 aliphatic carbocycles. The molecule has 0 aliphatic rings. The van der Waals surface area contributed by atoms with Gasteiger partial charge in [0.05, 0.1) is 6.54 Å². The molecule has 21 heavy (non-hydrogen) atoms. The number of unbranched alkanes of at least 4 members (excludes halogenated alkanes) is 1. The van der Waals surface area contributed by atoms with E-state index in [1.165, 1.54) is 18.4 Å². The Bertz CT molecular complexity index is 473. The van der Waals surface area contributed by atoms with E-state index in [9.17, 15) is 9.59 Å². The van der Waals surface area contributed by atoms with E-state index >= 15 is 0 Å². The third-order valence-electron chi connectivity index (χ3n) is 3.15. The Morgan fingerprint density at radius 3 is 2.24 bits per heavy atom. The second-order valence-corrected chi connectivity index (χ2v) is 6.28. The smallest absolute Gasteiger partial charge is 0.243 e. The van der Waals surface area contributed by atoms with Crippen LogP contribution in [0.2, 0.25) is 0 Å². The first-order valence-corrected chi connectivity index (χ1v) is 7.50. The average molecular weight is 290 g/mol. The molecule has 0 aliphatic heterocycles. The predicted molar refractivity (Wildman–Crippen MR) is 86.1 cm³/mol. The van der Waals surface area contributed by atoms with Gasteiger partial charge in [0.15, 0.2) is 0 Å². The molecule has 0 aromatic heterocycles. The lowest BCUT2D eigenvalue weighted by molar-refractivity contribution is -0.130. The lowest BCUT2D eigenvalue weighted by Gasteiger charge is -2.17. The molecule has 0 radical (unpaired) electrons. The molecule has 2 amide bonds. The molecule has 2 N–H and O–H groups in total. The Balaban J connectivity index is 2.42. The number of hydrogen-bond acceptors (Lipinski definition) is 2. The van der Waals surface area contributed by atoms with Crippen LogP contribution in [-0.4, -0.2) is 18.4 Å². The van der Waals surface area contributed by atoms with E-state index < -0.39 is 5.41 Å². The standard InChI is InChI=1S/C17H26N2O2/c1-5-6-7-13-8-10-14(11-9-13)19-15(20)12-18-16(21)17(2,3)4/h8-11H,5-7,12H2,1-4H3,(H,18,21)(H,19,20). The van der Waals surface area contributed by atoms with E-state index in [-0.39, 0.29) is 18.4 Å². The largest absolute Gasteiger partial charge is 0.347 e. The zero-order chi connectivity index (χ0) is 15.9. The summed E-state index contributed by atoms with van der Waals surface area (Å²) in [5.74, 6) is -0.346. The van der Waals surface area contributed by atoms with Crippen LogP contribution in [-0.2, 0) is 16.0 Å². The lowest BCUT2D eigenvalue weighted by Crippen LogP contribution is -2.39. The van der Waals surface area contributed by atoms with Crippen LogP contribution in [0.25, 0.3) is 0 Å². The van der Waals surface area contributed by atoms with Gasteiger partial charge < -0.3 is 10.6 Å². The van der Waals surface area contributed by atoms with E-state index in [2.05, 4.69) is 17.6 Å². The maximum atomic E-state index is 11.8. The van der Waals surface area contributed by atoms with Crippen molar-refractivity contribution in [1.29, 1.82) is 0 Å². The van der Waals surface area contributed by atoms with Crippen LogP contribution in [0.4, 0.5) is 5.69 Å². The molecule has 1 aromatic rings. The number of nitrogens with one attached hydrogen (secondary N) is 2. The topological polar surface area (TPSA) is 58.2 Å². The monoisotopic (exact) mass is 290 g/mol. The summed E-state index contributed by atoms with van der Waals surface area (Å²) < 4.78 is 0. The first kappa shape index (κ1) is 17.2. The van der Waals surface area contributed by atoms with Crippen molar-refractivity contribution in [3.8, 4) is 0 Å². The number of benzene rings is 1. The highest BCUT2D eigenvalue weighted by Crippen LogP contribution is 2.13. The van der Waals surface area contributed by atoms with E-state index in [0.717, 1.165) is 12.1 Å². The SMILES string of the molecule is CCCCc1ccc(NC(=O)CNC(=O)C(C)(C)C)cc1. The highest BCUT2D eigenvalue weighted by atomic mass is 16.2. The number of hydrogen-bond donors (Lipinski definition) is 2. The van der Waals surface area contributed by atoms with E-state index in [0.29, 0.717) is 0 Å². The van der Waals surface area contributed by atoms with Crippen LogP contribution in [0.15, 0.2) is 24.3 Å². The van der Waals surface area contributed by atoms with Gasteiger partial charge in [0.2, 0.25) is 11.8 Å². The molecule has 0 saturated heterocycles. The lowest BCUT2D eigenvalue weighted by atomic mass is 9.96. The zero-order valence-electron chi connectivity index (χ0n) is 13.5. The predicted octanol–water partition coefficient (Wildman–Crippen LogP) is 3.13. The van der Waals surface area contributed by atoms with Gasteiger partial charge in [-0.05, 0) is 30.5 Å². The summed E-state index contributed by atoms with van der Waals surface area (Å²) in [7, 11) is 0. The Morgan fingerprint density at radius 1 is 1.10 bits per heavy atom. The maximum absolute atomic E-state index is 11.8. The Hall–Kier alpha value is -1.84. The molecule has 0 saturated carbocycles. The second kappa shape index (κ2) is 7.81. The molecule has 0 fully saturated rings. The molecule has 0 bridgehead atoms. The van der Waals surface area contributed by atoms with Gasteiger partial charge in [-0.1, -0.05) is 46.2 Å². The molecule has 4 heteroatoms. The molecule has 1 aromatic carbocycles. The number of rotatable bonds is 6. The Morgan fingerprint density at radius 2 is 1.71 bits per heavy atom. The summed E-state index contributed by atoms with van der Waals surface area (Å²) in [6.45, 7) is 7.61. The average Bonchev–Trinajstić information content (AvgIpc) is 2.43. The first-order valence-electron chi connectivity index (χ1n) is 7.50. The number of anilines is 1. The van der Waals surface area contributed by atoms with Gasteiger partial charge in [-0.3, -0.25) is 9.59 Å². The van der Waals surface area contributed by atoms with Gasteiger partial charge >= 0.3 is 0 Å². The Labute approximate surface area is 127 Å². The van der Waals surface area contributed by atoms with Gasteiger partial charge in [-0.25, -0.2) is 0 Å². The summed E-state index contributed by atoms with van der Waals surface area (Å²) >= 11 is 0. The van der Waals surface area contributed by atoms with Crippen molar-refractivity contribution in [2.75, 3.05) is 11.9 Å². The van der Waals surface area contributed by atoms with Crippen LogP contribution in [0.5, 0.6) is 0 Å².